The number of nitrogens with zero attached hydrogens (tertiary/aromatic N) is 1. The van der Waals surface area contributed by atoms with Gasteiger partial charge < -0.3 is 19.3 Å². The van der Waals surface area contributed by atoms with Crippen LogP contribution in [0.5, 0.6) is 11.5 Å². The van der Waals surface area contributed by atoms with Crippen LogP contribution in [-0.4, -0.2) is 40.4 Å². The lowest BCUT2D eigenvalue weighted by atomic mass is 10.1. The van der Waals surface area contributed by atoms with E-state index in [9.17, 15) is 0 Å². The lowest BCUT2D eigenvalue weighted by Gasteiger charge is -2.34. The number of piperazine rings is 1. The van der Waals surface area contributed by atoms with E-state index in [1.165, 1.54) is 11.3 Å². The number of hydrogen-bond acceptors (Lipinski definition) is 3. The van der Waals surface area contributed by atoms with Crippen LogP contribution in [0.1, 0.15) is 11.1 Å². The van der Waals surface area contributed by atoms with Gasteiger partial charge in [-0.25, -0.2) is 0 Å². The van der Waals surface area contributed by atoms with Gasteiger partial charge in [0.15, 0.2) is 0 Å². The molecule has 2 aromatic carbocycles. The first-order valence-electron chi connectivity index (χ1n) is 8.67. The summed E-state index contributed by atoms with van der Waals surface area (Å²) in [6.45, 7) is 7.28. The zero-order valence-electron chi connectivity index (χ0n) is 15.1. The number of halogens is 1. The standard InChI is InChI=1S/C20H25ClN2O2/c1-15-19(24-2)8-7-16(20(15)25-3)14-22-9-11-23(12-10-22)18-6-4-5-17(21)13-18/h4-8,13H,9-12,14H2,1-3H3/p+1. The maximum atomic E-state index is 6.12. The fourth-order valence-electron chi connectivity index (χ4n) is 3.57. The van der Waals surface area contributed by atoms with E-state index in [0.717, 1.165) is 54.8 Å². The zero-order valence-corrected chi connectivity index (χ0v) is 15.9. The molecule has 0 saturated carbocycles. The summed E-state index contributed by atoms with van der Waals surface area (Å²) in [5.41, 5.74) is 3.52. The first kappa shape index (κ1) is 17.9. The maximum Gasteiger partial charge on any atom is 0.134 e. The average molecular weight is 362 g/mol. The summed E-state index contributed by atoms with van der Waals surface area (Å²) >= 11 is 6.12. The smallest absolute Gasteiger partial charge is 0.134 e. The van der Waals surface area contributed by atoms with Crippen molar-refractivity contribution in [2.45, 2.75) is 13.5 Å². The van der Waals surface area contributed by atoms with Gasteiger partial charge in [0.1, 0.15) is 18.0 Å². The zero-order chi connectivity index (χ0) is 17.8. The third-order valence-electron chi connectivity index (χ3n) is 4.95. The van der Waals surface area contributed by atoms with Gasteiger partial charge in [-0.1, -0.05) is 17.7 Å². The highest BCUT2D eigenvalue weighted by molar-refractivity contribution is 6.30. The molecule has 1 aliphatic heterocycles. The normalized spacial score (nSPS) is 15.3. The number of nitrogens with one attached hydrogen (secondary N) is 1. The van der Waals surface area contributed by atoms with Crippen LogP contribution in [-0.2, 0) is 6.54 Å². The van der Waals surface area contributed by atoms with Crippen LogP contribution < -0.4 is 19.3 Å². The summed E-state index contributed by atoms with van der Waals surface area (Å²) in [7, 11) is 3.43. The van der Waals surface area contributed by atoms with Crippen LogP contribution in [0.4, 0.5) is 5.69 Å². The molecule has 3 rings (SSSR count). The van der Waals surface area contributed by atoms with Crippen molar-refractivity contribution in [3.8, 4) is 11.5 Å². The summed E-state index contributed by atoms with van der Waals surface area (Å²) < 4.78 is 11.0. The van der Waals surface area contributed by atoms with Crippen molar-refractivity contribution in [1.29, 1.82) is 0 Å². The average Bonchev–Trinajstić information content (AvgIpc) is 2.63. The van der Waals surface area contributed by atoms with Crippen molar-refractivity contribution in [3.05, 3.63) is 52.5 Å². The Morgan fingerprint density at radius 2 is 1.84 bits per heavy atom. The molecule has 0 amide bonds. The van der Waals surface area contributed by atoms with Gasteiger partial charge in [0.25, 0.3) is 0 Å². The SMILES string of the molecule is COc1ccc(C[NH+]2CCN(c3cccc(Cl)c3)CC2)c(OC)c1C. The number of quaternary nitrogens is 1. The minimum absolute atomic E-state index is 0.797. The molecule has 0 aromatic heterocycles. The molecule has 1 N–H and O–H groups in total. The molecule has 1 saturated heterocycles. The first-order valence-corrected chi connectivity index (χ1v) is 9.04. The largest absolute Gasteiger partial charge is 0.496 e. The van der Waals surface area contributed by atoms with Crippen LogP contribution in [0, 0.1) is 6.92 Å². The highest BCUT2D eigenvalue weighted by Gasteiger charge is 2.22. The maximum absolute atomic E-state index is 6.12. The molecule has 2 aromatic rings. The lowest BCUT2D eigenvalue weighted by molar-refractivity contribution is -0.914. The molecule has 0 unspecified atom stereocenters. The van der Waals surface area contributed by atoms with E-state index in [4.69, 9.17) is 21.1 Å². The van der Waals surface area contributed by atoms with Gasteiger partial charge in [0.05, 0.1) is 40.4 Å². The predicted molar refractivity (Wildman–Crippen MR) is 102 cm³/mol. The predicted octanol–water partition coefficient (Wildman–Crippen LogP) is 2.57. The molecular weight excluding hydrogens is 336 g/mol. The van der Waals surface area contributed by atoms with E-state index in [1.54, 1.807) is 19.1 Å². The van der Waals surface area contributed by atoms with E-state index >= 15 is 0 Å². The minimum Gasteiger partial charge on any atom is -0.496 e. The molecule has 0 aliphatic carbocycles. The molecule has 0 radical (unpaired) electrons. The second kappa shape index (κ2) is 7.98. The summed E-state index contributed by atoms with van der Waals surface area (Å²) in [5, 5.41) is 0.797. The molecule has 1 heterocycles. The molecule has 0 bridgehead atoms. The quantitative estimate of drug-likeness (QED) is 0.886. The van der Waals surface area contributed by atoms with Gasteiger partial charge in [-0.3, -0.25) is 0 Å². The molecule has 1 aliphatic rings. The fourth-order valence-corrected chi connectivity index (χ4v) is 3.76. The third-order valence-corrected chi connectivity index (χ3v) is 5.18. The van der Waals surface area contributed by atoms with Crippen LogP contribution in [0.2, 0.25) is 5.02 Å². The number of ether oxygens (including phenoxy) is 2. The summed E-state index contributed by atoms with van der Waals surface area (Å²) in [4.78, 5) is 3.98. The lowest BCUT2D eigenvalue weighted by Crippen LogP contribution is -3.13. The molecule has 0 spiro atoms. The van der Waals surface area contributed by atoms with Crippen molar-refractivity contribution >= 4 is 17.3 Å². The van der Waals surface area contributed by atoms with Gasteiger partial charge in [-0.15, -0.1) is 0 Å². The minimum atomic E-state index is 0.797. The molecule has 134 valence electrons. The Labute approximate surface area is 154 Å². The number of rotatable bonds is 5. The van der Waals surface area contributed by atoms with Crippen molar-refractivity contribution in [2.75, 3.05) is 45.3 Å². The molecule has 25 heavy (non-hydrogen) atoms. The van der Waals surface area contributed by atoms with Crippen molar-refractivity contribution < 1.29 is 14.4 Å². The van der Waals surface area contributed by atoms with Gasteiger partial charge in [-0.2, -0.15) is 0 Å². The summed E-state index contributed by atoms with van der Waals surface area (Å²) in [5.74, 6) is 1.82. The van der Waals surface area contributed by atoms with Crippen LogP contribution in [0.3, 0.4) is 0 Å². The van der Waals surface area contributed by atoms with Crippen LogP contribution in [0.15, 0.2) is 36.4 Å². The van der Waals surface area contributed by atoms with E-state index in [1.807, 2.05) is 31.2 Å². The summed E-state index contributed by atoms with van der Waals surface area (Å²) in [6.07, 6.45) is 0. The Balaban J connectivity index is 1.65. The Hall–Kier alpha value is -1.91. The van der Waals surface area contributed by atoms with E-state index in [-0.39, 0.29) is 0 Å². The number of methoxy groups -OCH3 is 2. The summed E-state index contributed by atoms with van der Waals surface area (Å²) in [6, 6.07) is 12.3. The van der Waals surface area contributed by atoms with E-state index in [0.29, 0.717) is 0 Å². The van der Waals surface area contributed by atoms with Crippen LogP contribution >= 0.6 is 11.6 Å². The molecule has 4 nitrogen and oxygen atoms in total. The highest BCUT2D eigenvalue weighted by atomic mass is 35.5. The molecule has 1 fully saturated rings. The number of anilines is 1. The Morgan fingerprint density at radius 3 is 2.48 bits per heavy atom. The first-order chi connectivity index (χ1) is 12.1. The van der Waals surface area contributed by atoms with Crippen LogP contribution in [0.25, 0.3) is 0 Å². The van der Waals surface area contributed by atoms with Gasteiger partial charge in [0, 0.05) is 21.8 Å². The third kappa shape index (κ3) is 4.02. The second-order valence-corrected chi connectivity index (χ2v) is 6.92. The van der Waals surface area contributed by atoms with Crippen molar-refractivity contribution in [3.63, 3.8) is 0 Å². The second-order valence-electron chi connectivity index (χ2n) is 6.48. The van der Waals surface area contributed by atoms with E-state index in [2.05, 4.69) is 17.0 Å². The van der Waals surface area contributed by atoms with Gasteiger partial charge in [0.2, 0.25) is 0 Å². The Morgan fingerprint density at radius 1 is 1.08 bits per heavy atom. The molecule has 0 atom stereocenters. The molecular formula is C20H26ClN2O2+. The molecule has 5 heteroatoms. The monoisotopic (exact) mass is 361 g/mol. The van der Waals surface area contributed by atoms with E-state index < -0.39 is 0 Å². The van der Waals surface area contributed by atoms with Crippen molar-refractivity contribution in [1.82, 2.24) is 0 Å². The van der Waals surface area contributed by atoms with Gasteiger partial charge in [-0.05, 0) is 37.3 Å². The van der Waals surface area contributed by atoms with Gasteiger partial charge >= 0.3 is 0 Å². The Kier molecular flexibility index (Phi) is 5.71. The van der Waals surface area contributed by atoms with Crippen molar-refractivity contribution in [2.24, 2.45) is 0 Å². The highest BCUT2D eigenvalue weighted by Crippen LogP contribution is 2.30. The topological polar surface area (TPSA) is 26.1 Å². The Bertz CT molecular complexity index is 728. The number of benzene rings is 2. The number of hydrogen-bond donors (Lipinski definition) is 1. The fraction of sp³-hybridized carbons (Fsp3) is 0.400.